The van der Waals surface area contributed by atoms with Gasteiger partial charge in [-0.05, 0) is 19.8 Å². The monoisotopic (exact) mass is 281 g/mol. The quantitative estimate of drug-likeness (QED) is 0.781. The Balaban J connectivity index is 1.70. The lowest BCUT2D eigenvalue weighted by Gasteiger charge is -2.34. The van der Waals surface area contributed by atoms with E-state index < -0.39 is 0 Å². The Kier molecular flexibility index (Phi) is 5.55. The van der Waals surface area contributed by atoms with Crippen LogP contribution in [0.4, 0.5) is 0 Å². The minimum Gasteiger partial charge on any atom is -0.396 e. The fraction of sp³-hybridized carbons (Fsp3) is 0.714. The molecule has 0 radical (unpaired) electrons. The van der Waals surface area contributed by atoms with Crippen molar-refractivity contribution >= 4 is 5.91 Å². The molecule has 1 saturated heterocycles. The van der Waals surface area contributed by atoms with E-state index in [4.69, 9.17) is 9.63 Å². The first-order valence-corrected chi connectivity index (χ1v) is 7.22. The third-order valence-corrected chi connectivity index (χ3v) is 3.58. The molecule has 20 heavy (non-hydrogen) atoms. The van der Waals surface area contributed by atoms with Crippen LogP contribution in [0.25, 0.3) is 0 Å². The summed E-state index contributed by atoms with van der Waals surface area (Å²) in [6.07, 6.45) is 2.02. The van der Waals surface area contributed by atoms with Crippen LogP contribution in [0.3, 0.4) is 0 Å². The number of piperazine rings is 1. The summed E-state index contributed by atoms with van der Waals surface area (Å²) in [6, 6.07) is 1.95. The number of nitrogens with zero attached hydrogens (tertiary/aromatic N) is 3. The van der Waals surface area contributed by atoms with Crippen molar-refractivity contribution in [3.63, 3.8) is 0 Å². The van der Waals surface area contributed by atoms with Crippen LogP contribution in [0.5, 0.6) is 0 Å². The number of amides is 1. The van der Waals surface area contributed by atoms with E-state index in [0.717, 1.165) is 50.6 Å². The van der Waals surface area contributed by atoms with Gasteiger partial charge in [0.05, 0.1) is 12.2 Å². The molecule has 2 heterocycles. The summed E-state index contributed by atoms with van der Waals surface area (Å²) in [5.74, 6) is 1.08. The number of aromatic nitrogens is 1. The molecule has 2 rings (SSSR count). The molecular formula is C14H23N3O3. The van der Waals surface area contributed by atoms with Gasteiger partial charge in [-0.2, -0.15) is 0 Å². The van der Waals surface area contributed by atoms with Gasteiger partial charge in [0, 0.05) is 45.3 Å². The van der Waals surface area contributed by atoms with E-state index in [1.54, 1.807) is 0 Å². The molecule has 1 aromatic heterocycles. The fourth-order valence-electron chi connectivity index (χ4n) is 2.41. The summed E-state index contributed by atoms with van der Waals surface area (Å²) < 4.78 is 5.21. The number of aliphatic hydroxyl groups is 1. The molecule has 0 atom stereocenters. The summed E-state index contributed by atoms with van der Waals surface area (Å²) in [6.45, 7) is 6.11. The topological polar surface area (TPSA) is 69.8 Å². The largest absolute Gasteiger partial charge is 0.396 e. The molecule has 0 unspecified atom stereocenters. The first-order valence-electron chi connectivity index (χ1n) is 7.22. The minimum atomic E-state index is 0.164. The van der Waals surface area contributed by atoms with Crippen molar-refractivity contribution in [1.29, 1.82) is 0 Å². The first kappa shape index (κ1) is 15.0. The number of rotatable bonds is 6. The maximum absolute atomic E-state index is 11.9. The Hall–Kier alpha value is -1.40. The van der Waals surface area contributed by atoms with E-state index in [-0.39, 0.29) is 12.5 Å². The molecule has 1 aromatic rings. The average molecular weight is 281 g/mol. The molecular weight excluding hydrogens is 258 g/mol. The Morgan fingerprint density at radius 1 is 1.35 bits per heavy atom. The molecule has 0 bridgehead atoms. The third kappa shape index (κ3) is 4.31. The van der Waals surface area contributed by atoms with Gasteiger partial charge in [0.15, 0.2) is 5.76 Å². The van der Waals surface area contributed by atoms with Crippen molar-refractivity contribution in [2.45, 2.75) is 32.7 Å². The lowest BCUT2D eigenvalue weighted by molar-refractivity contribution is -0.133. The number of hydrogen-bond acceptors (Lipinski definition) is 5. The van der Waals surface area contributed by atoms with Gasteiger partial charge in [-0.3, -0.25) is 9.69 Å². The molecule has 6 heteroatoms. The van der Waals surface area contributed by atoms with Gasteiger partial charge < -0.3 is 14.5 Å². The highest BCUT2D eigenvalue weighted by molar-refractivity contribution is 5.76. The van der Waals surface area contributed by atoms with Gasteiger partial charge in [0.25, 0.3) is 0 Å². The third-order valence-electron chi connectivity index (χ3n) is 3.58. The number of unbranched alkanes of at least 4 members (excludes halogenated alkanes) is 1. The molecule has 1 N–H and O–H groups in total. The van der Waals surface area contributed by atoms with E-state index in [2.05, 4.69) is 10.1 Å². The highest BCUT2D eigenvalue weighted by Crippen LogP contribution is 2.11. The van der Waals surface area contributed by atoms with Crippen LogP contribution in [0, 0.1) is 6.92 Å². The molecule has 0 saturated carbocycles. The van der Waals surface area contributed by atoms with Crippen LogP contribution >= 0.6 is 0 Å². The Morgan fingerprint density at radius 3 is 2.70 bits per heavy atom. The van der Waals surface area contributed by atoms with Crippen LogP contribution in [0.15, 0.2) is 10.6 Å². The van der Waals surface area contributed by atoms with Crippen molar-refractivity contribution in [2.24, 2.45) is 0 Å². The summed E-state index contributed by atoms with van der Waals surface area (Å²) in [4.78, 5) is 16.1. The smallest absolute Gasteiger partial charge is 0.222 e. The number of carbonyl (C=O) groups is 1. The Morgan fingerprint density at radius 2 is 2.10 bits per heavy atom. The number of carbonyl (C=O) groups excluding carboxylic acids is 1. The highest BCUT2D eigenvalue weighted by Gasteiger charge is 2.21. The van der Waals surface area contributed by atoms with Crippen LogP contribution in [0.2, 0.25) is 0 Å². The lowest BCUT2D eigenvalue weighted by Crippen LogP contribution is -2.48. The second kappa shape index (κ2) is 7.40. The first-order chi connectivity index (χ1) is 9.69. The van der Waals surface area contributed by atoms with Crippen LogP contribution in [0.1, 0.15) is 30.7 Å². The standard InChI is InChI=1S/C14H23N3O3/c1-12-10-13(20-15-12)11-16-5-7-17(8-6-16)14(19)4-2-3-9-18/h10,18H,2-9,11H2,1H3. The van der Waals surface area contributed by atoms with Crippen LogP contribution in [-0.4, -0.2) is 58.8 Å². The highest BCUT2D eigenvalue weighted by atomic mass is 16.5. The van der Waals surface area contributed by atoms with Crippen LogP contribution in [-0.2, 0) is 11.3 Å². The molecule has 1 aliphatic rings. The molecule has 0 aliphatic carbocycles. The van der Waals surface area contributed by atoms with Crippen molar-refractivity contribution in [2.75, 3.05) is 32.8 Å². The minimum absolute atomic E-state index is 0.164. The van der Waals surface area contributed by atoms with Gasteiger partial charge >= 0.3 is 0 Å². The van der Waals surface area contributed by atoms with Crippen LogP contribution < -0.4 is 0 Å². The zero-order chi connectivity index (χ0) is 14.4. The average Bonchev–Trinajstić information content (AvgIpc) is 2.85. The summed E-state index contributed by atoms with van der Waals surface area (Å²) in [7, 11) is 0. The van der Waals surface area contributed by atoms with E-state index in [9.17, 15) is 4.79 Å². The summed E-state index contributed by atoms with van der Waals surface area (Å²) in [5.41, 5.74) is 0.901. The van der Waals surface area contributed by atoms with Crippen molar-refractivity contribution in [3.8, 4) is 0 Å². The molecule has 0 spiro atoms. The summed E-state index contributed by atoms with van der Waals surface area (Å²) in [5, 5.41) is 12.6. The van der Waals surface area contributed by atoms with Crippen molar-refractivity contribution in [3.05, 3.63) is 17.5 Å². The summed E-state index contributed by atoms with van der Waals surface area (Å²) >= 11 is 0. The van der Waals surface area contributed by atoms with E-state index in [0.29, 0.717) is 12.8 Å². The Bertz CT molecular complexity index is 425. The van der Waals surface area contributed by atoms with Gasteiger partial charge in [-0.25, -0.2) is 0 Å². The zero-order valence-electron chi connectivity index (χ0n) is 12.0. The molecule has 1 aliphatic heterocycles. The number of hydrogen-bond donors (Lipinski definition) is 1. The molecule has 1 amide bonds. The van der Waals surface area contributed by atoms with Crippen molar-refractivity contribution < 1.29 is 14.4 Å². The maximum Gasteiger partial charge on any atom is 0.222 e. The van der Waals surface area contributed by atoms with E-state index in [1.807, 2.05) is 17.9 Å². The van der Waals surface area contributed by atoms with E-state index in [1.165, 1.54) is 0 Å². The maximum atomic E-state index is 11.9. The zero-order valence-corrected chi connectivity index (χ0v) is 12.0. The molecule has 0 aromatic carbocycles. The molecule has 1 fully saturated rings. The second-order valence-corrected chi connectivity index (χ2v) is 5.27. The van der Waals surface area contributed by atoms with E-state index >= 15 is 0 Å². The predicted octanol–water partition coefficient (Wildman–Crippen LogP) is 0.790. The normalized spacial score (nSPS) is 16.6. The lowest BCUT2D eigenvalue weighted by atomic mass is 10.2. The molecule has 6 nitrogen and oxygen atoms in total. The number of aryl methyl sites for hydroxylation is 1. The Labute approximate surface area is 119 Å². The fourth-order valence-corrected chi connectivity index (χ4v) is 2.41. The molecule has 112 valence electrons. The second-order valence-electron chi connectivity index (χ2n) is 5.27. The predicted molar refractivity (Wildman–Crippen MR) is 74.0 cm³/mol. The van der Waals surface area contributed by atoms with Gasteiger partial charge in [0.2, 0.25) is 5.91 Å². The number of aliphatic hydroxyl groups excluding tert-OH is 1. The van der Waals surface area contributed by atoms with Gasteiger partial charge in [-0.15, -0.1) is 0 Å². The van der Waals surface area contributed by atoms with Crippen molar-refractivity contribution in [1.82, 2.24) is 15.0 Å². The SMILES string of the molecule is Cc1cc(CN2CCN(C(=O)CCCCO)CC2)on1. The van der Waals surface area contributed by atoms with Gasteiger partial charge in [-0.1, -0.05) is 5.16 Å². The van der Waals surface area contributed by atoms with Gasteiger partial charge in [0.1, 0.15) is 0 Å².